The number of rotatable bonds is 6. The van der Waals surface area contributed by atoms with Crippen LogP contribution in [0.5, 0.6) is 0 Å². The van der Waals surface area contributed by atoms with Crippen LogP contribution in [-0.2, 0) is 11.2 Å². The van der Waals surface area contributed by atoms with E-state index < -0.39 is 6.16 Å². The lowest BCUT2D eigenvalue weighted by molar-refractivity contribution is 0.0900. The van der Waals surface area contributed by atoms with Crippen molar-refractivity contribution in [1.82, 2.24) is 0 Å². The van der Waals surface area contributed by atoms with Crippen molar-refractivity contribution in [1.29, 1.82) is 0 Å². The van der Waals surface area contributed by atoms with Gasteiger partial charge in [0.05, 0.1) is 6.61 Å². The molecule has 88 valence electrons. The van der Waals surface area contributed by atoms with Crippen molar-refractivity contribution in [3.05, 3.63) is 35.6 Å². The van der Waals surface area contributed by atoms with E-state index in [1.807, 2.05) is 0 Å². The van der Waals surface area contributed by atoms with Crippen molar-refractivity contribution in [2.24, 2.45) is 0 Å². The zero-order valence-electron chi connectivity index (χ0n) is 8.99. The van der Waals surface area contributed by atoms with Gasteiger partial charge in [0.25, 0.3) is 0 Å². The van der Waals surface area contributed by atoms with Crippen LogP contribution in [0.4, 0.5) is 9.18 Å². The molecule has 0 heterocycles. The Morgan fingerprint density at radius 1 is 1.19 bits per heavy atom. The lowest BCUT2D eigenvalue weighted by Crippen LogP contribution is -2.01. The van der Waals surface area contributed by atoms with E-state index in [9.17, 15) is 9.18 Å². The van der Waals surface area contributed by atoms with Gasteiger partial charge in [0.1, 0.15) is 5.82 Å². The number of carbonyl (C=O) groups is 1. The summed E-state index contributed by atoms with van der Waals surface area (Å²) < 4.78 is 17.0. The maximum atomic E-state index is 12.6. The van der Waals surface area contributed by atoms with Gasteiger partial charge in [-0.05, 0) is 43.4 Å². The Morgan fingerprint density at radius 3 is 2.50 bits per heavy atom. The summed E-state index contributed by atoms with van der Waals surface area (Å²) in [5.74, 6) is -0.224. The molecule has 0 spiro atoms. The lowest BCUT2D eigenvalue weighted by Gasteiger charge is -2.02. The van der Waals surface area contributed by atoms with Gasteiger partial charge in [-0.25, -0.2) is 9.18 Å². The van der Waals surface area contributed by atoms with Crippen molar-refractivity contribution < 1.29 is 19.0 Å². The molecule has 1 aromatic rings. The summed E-state index contributed by atoms with van der Waals surface area (Å²) in [6.07, 6.45) is 2.25. The highest BCUT2D eigenvalue weighted by molar-refractivity contribution is 5.56. The van der Waals surface area contributed by atoms with Crippen LogP contribution in [0.1, 0.15) is 24.8 Å². The second-order valence-corrected chi connectivity index (χ2v) is 3.55. The van der Waals surface area contributed by atoms with Gasteiger partial charge < -0.3 is 9.84 Å². The molecule has 0 aliphatic heterocycles. The molecule has 0 radical (unpaired) electrons. The number of benzene rings is 1. The molecule has 0 aliphatic rings. The van der Waals surface area contributed by atoms with Gasteiger partial charge >= 0.3 is 6.16 Å². The minimum Gasteiger partial charge on any atom is -0.450 e. The number of aryl methyl sites for hydroxylation is 1. The molecule has 0 unspecified atom stereocenters. The zero-order chi connectivity index (χ0) is 11.8. The Bertz CT molecular complexity index is 322. The highest BCUT2D eigenvalue weighted by Crippen LogP contribution is 2.08. The van der Waals surface area contributed by atoms with Crippen LogP contribution in [0.3, 0.4) is 0 Å². The zero-order valence-corrected chi connectivity index (χ0v) is 8.99. The maximum absolute atomic E-state index is 12.6. The summed E-state index contributed by atoms with van der Waals surface area (Å²) in [6.45, 7) is 0.249. The largest absolute Gasteiger partial charge is 0.505 e. The molecule has 0 atom stereocenters. The average molecular weight is 226 g/mol. The van der Waals surface area contributed by atoms with Crippen molar-refractivity contribution >= 4 is 6.16 Å². The third-order valence-corrected chi connectivity index (χ3v) is 2.25. The molecule has 1 N–H and O–H groups in total. The quantitative estimate of drug-likeness (QED) is 0.598. The topological polar surface area (TPSA) is 46.5 Å². The molecule has 0 aromatic heterocycles. The van der Waals surface area contributed by atoms with E-state index in [4.69, 9.17) is 5.11 Å². The van der Waals surface area contributed by atoms with Crippen LogP contribution < -0.4 is 0 Å². The van der Waals surface area contributed by atoms with E-state index in [0.717, 1.165) is 31.2 Å². The van der Waals surface area contributed by atoms with Gasteiger partial charge in [0, 0.05) is 0 Å². The minimum atomic E-state index is -1.22. The van der Waals surface area contributed by atoms with Crippen LogP contribution in [0, 0.1) is 5.82 Å². The Labute approximate surface area is 93.9 Å². The van der Waals surface area contributed by atoms with Gasteiger partial charge in [-0.15, -0.1) is 0 Å². The number of unbranched alkanes of at least 4 members (excludes halogenated alkanes) is 2. The highest BCUT2D eigenvalue weighted by atomic mass is 19.1. The van der Waals surface area contributed by atoms with Gasteiger partial charge in [-0.2, -0.15) is 0 Å². The van der Waals surface area contributed by atoms with E-state index in [0.29, 0.717) is 0 Å². The second-order valence-electron chi connectivity index (χ2n) is 3.55. The number of carboxylic acid groups (broad SMARTS) is 1. The SMILES string of the molecule is O=C(O)OCCCCCc1ccc(F)cc1. The van der Waals surface area contributed by atoms with Gasteiger partial charge in [-0.3, -0.25) is 0 Å². The molecular formula is C12H15FO3. The third kappa shape index (κ3) is 5.34. The molecule has 1 rings (SSSR count). The fourth-order valence-corrected chi connectivity index (χ4v) is 1.42. The van der Waals surface area contributed by atoms with E-state index in [-0.39, 0.29) is 12.4 Å². The summed E-state index contributed by atoms with van der Waals surface area (Å²) in [6, 6.07) is 6.43. The van der Waals surface area contributed by atoms with Crippen molar-refractivity contribution in [2.75, 3.05) is 6.61 Å². The van der Waals surface area contributed by atoms with Gasteiger partial charge in [-0.1, -0.05) is 12.1 Å². The standard InChI is InChI=1S/C12H15FO3/c13-11-7-5-10(6-8-11)4-2-1-3-9-16-12(14)15/h5-8H,1-4,9H2,(H,14,15). The summed E-state index contributed by atoms with van der Waals surface area (Å²) in [5.41, 5.74) is 1.10. The summed E-state index contributed by atoms with van der Waals surface area (Å²) in [5, 5.41) is 8.22. The van der Waals surface area contributed by atoms with Gasteiger partial charge in [0.2, 0.25) is 0 Å². The first-order valence-corrected chi connectivity index (χ1v) is 5.28. The highest BCUT2D eigenvalue weighted by Gasteiger charge is 1.97. The number of hydrogen-bond acceptors (Lipinski definition) is 2. The molecule has 0 saturated carbocycles. The second kappa shape index (κ2) is 6.82. The van der Waals surface area contributed by atoms with Gasteiger partial charge in [0.15, 0.2) is 0 Å². The summed E-state index contributed by atoms with van der Waals surface area (Å²) in [4.78, 5) is 10.0. The van der Waals surface area contributed by atoms with Crippen LogP contribution >= 0.6 is 0 Å². The fraction of sp³-hybridized carbons (Fsp3) is 0.417. The van der Waals surface area contributed by atoms with Crippen LogP contribution in [0.25, 0.3) is 0 Å². The molecule has 4 heteroatoms. The Morgan fingerprint density at radius 2 is 1.88 bits per heavy atom. The molecule has 0 amide bonds. The predicted molar refractivity (Wildman–Crippen MR) is 57.9 cm³/mol. The van der Waals surface area contributed by atoms with E-state index in [1.54, 1.807) is 12.1 Å². The van der Waals surface area contributed by atoms with E-state index in [2.05, 4.69) is 4.74 Å². The lowest BCUT2D eigenvalue weighted by atomic mass is 10.1. The van der Waals surface area contributed by atoms with Crippen molar-refractivity contribution in [3.8, 4) is 0 Å². The molecule has 16 heavy (non-hydrogen) atoms. The minimum absolute atomic E-state index is 0.224. The molecule has 1 aromatic carbocycles. The molecule has 0 bridgehead atoms. The molecule has 0 saturated heterocycles. The maximum Gasteiger partial charge on any atom is 0.505 e. The Kier molecular flexibility index (Phi) is 5.32. The van der Waals surface area contributed by atoms with Crippen molar-refractivity contribution in [2.45, 2.75) is 25.7 Å². The number of halogens is 1. The Balaban J connectivity index is 2.07. The first-order valence-electron chi connectivity index (χ1n) is 5.28. The fourth-order valence-electron chi connectivity index (χ4n) is 1.42. The smallest absolute Gasteiger partial charge is 0.450 e. The first kappa shape index (κ1) is 12.5. The summed E-state index contributed by atoms with van der Waals surface area (Å²) >= 11 is 0. The number of ether oxygens (including phenoxy) is 1. The monoisotopic (exact) mass is 226 g/mol. The average Bonchev–Trinajstić information content (AvgIpc) is 2.25. The number of hydrogen-bond donors (Lipinski definition) is 1. The molecule has 0 aliphatic carbocycles. The molecule has 3 nitrogen and oxygen atoms in total. The Hall–Kier alpha value is -1.58. The first-order chi connectivity index (χ1) is 7.68. The van der Waals surface area contributed by atoms with E-state index in [1.165, 1.54) is 12.1 Å². The predicted octanol–water partition coefficient (Wildman–Crippen LogP) is 3.23. The van der Waals surface area contributed by atoms with Crippen LogP contribution in [0.2, 0.25) is 0 Å². The molecular weight excluding hydrogens is 211 g/mol. The van der Waals surface area contributed by atoms with Crippen LogP contribution in [-0.4, -0.2) is 17.9 Å². The van der Waals surface area contributed by atoms with Crippen LogP contribution in [0.15, 0.2) is 24.3 Å². The third-order valence-electron chi connectivity index (χ3n) is 2.25. The van der Waals surface area contributed by atoms with E-state index >= 15 is 0 Å². The normalized spacial score (nSPS) is 10.1. The molecule has 0 fully saturated rings. The van der Waals surface area contributed by atoms with Crippen molar-refractivity contribution in [3.63, 3.8) is 0 Å². The summed E-state index contributed by atoms with van der Waals surface area (Å²) in [7, 11) is 0.